The van der Waals surface area contributed by atoms with Crippen LogP contribution in [0.25, 0.3) is 5.76 Å². The highest BCUT2D eigenvalue weighted by atomic mass is 35.5. The summed E-state index contributed by atoms with van der Waals surface area (Å²) in [5.41, 5.74) is 0.704. The van der Waals surface area contributed by atoms with Crippen LogP contribution >= 0.6 is 23.2 Å². The third kappa shape index (κ3) is 4.28. The van der Waals surface area contributed by atoms with Crippen LogP contribution in [-0.2, 0) is 14.4 Å². The van der Waals surface area contributed by atoms with Crippen molar-refractivity contribution in [3.63, 3.8) is 0 Å². The standard InChI is InChI=1S/C21H17Cl2NO5/c22-13-8-9-14(15(23)11-13)18-17(19(27)12-5-2-1-3-6-12)20(28)21(29)24(18)10-4-7-16(25)26/h1-3,5-6,8-9,11,18,27H,4,7,10H2,(H,25,26). The number of halogens is 2. The molecule has 3 rings (SSSR count). The summed E-state index contributed by atoms with van der Waals surface area (Å²) in [6.45, 7) is 0.0199. The normalized spacial score (nSPS) is 18.3. The van der Waals surface area contributed by atoms with E-state index in [0.717, 1.165) is 0 Å². The zero-order valence-electron chi connectivity index (χ0n) is 15.1. The maximum absolute atomic E-state index is 12.8. The molecule has 0 bridgehead atoms. The van der Waals surface area contributed by atoms with E-state index >= 15 is 0 Å². The first-order chi connectivity index (χ1) is 13.8. The van der Waals surface area contributed by atoms with Crippen molar-refractivity contribution in [2.75, 3.05) is 6.54 Å². The van der Waals surface area contributed by atoms with Crippen molar-refractivity contribution in [3.05, 3.63) is 75.3 Å². The monoisotopic (exact) mass is 433 g/mol. The van der Waals surface area contributed by atoms with Gasteiger partial charge >= 0.3 is 5.97 Å². The molecule has 1 heterocycles. The number of rotatable bonds is 6. The number of carboxylic acid groups (broad SMARTS) is 1. The number of carbonyl (C=O) groups is 3. The lowest BCUT2D eigenvalue weighted by Crippen LogP contribution is -2.31. The van der Waals surface area contributed by atoms with Gasteiger partial charge in [0.2, 0.25) is 0 Å². The van der Waals surface area contributed by atoms with Crippen LogP contribution < -0.4 is 0 Å². The molecule has 29 heavy (non-hydrogen) atoms. The van der Waals surface area contributed by atoms with Gasteiger partial charge in [-0.2, -0.15) is 0 Å². The second kappa shape index (κ2) is 8.68. The molecule has 6 nitrogen and oxygen atoms in total. The van der Waals surface area contributed by atoms with Gasteiger partial charge in [0.05, 0.1) is 11.6 Å². The Morgan fingerprint density at radius 3 is 2.34 bits per heavy atom. The van der Waals surface area contributed by atoms with Gasteiger partial charge in [-0.1, -0.05) is 59.6 Å². The highest BCUT2D eigenvalue weighted by molar-refractivity contribution is 6.47. The Balaban J connectivity index is 2.13. The van der Waals surface area contributed by atoms with Crippen molar-refractivity contribution >= 4 is 46.6 Å². The number of ketones is 1. The van der Waals surface area contributed by atoms with Gasteiger partial charge in [-0.05, 0) is 24.1 Å². The highest BCUT2D eigenvalue weighted by Crippen LogP contribution is 2.42. The molecule has 1 aliphatic heterocycles. The Kier molecular flexibility index (Phi) is 6.25. The summed E-state index contributed by atoms with van der Waals surface area (Å²) in [4.78, 5) is 37.6. The average molecular weight is 434 g/mol. The topological polar surface area (TPSA) is 94.9 Å². The molecule has 0 aromatic heterocycles. The molecular formula is C21H17Cl2NO5. The quantitative estimate of drug-likeness (QED) is 0.402. The molecule has 2 aromatic rings. The molecule has 150 valence electrons. The Morgan fingerprint density at radius 1 is 1.03 bits per heavy atom. The van der Waals surface area contributed by atoms with Crippen molar-refractivity contribution in [2.24, 2.45) is 0 Å². The molecule has 8 heteroatoms. The van der Waals surface area contributed by atoms with Crippen molar-refractivity contribution in [1.29, 1.82) is 0 Å². The Labute approximate surface area is 177 Å². The zero-order chi connectivity index (χ0) is 21.1. The fourth-order valence-electron chi connectivity index (χ4n) is 3.31. The lowest BCUT2D eigenvalue weighted by atomic mass is 9.95. The van der Waals surface area contributed by atoms with E-state index in [9.17, 15) is 19.5 Å². The van der Waals surface area contributed by atoms with Crippen LogP contribution in [0.2, 0.25) is 10.0 Å². The van der Waals surface area contributed by atoms with Gasteiger partial charge in [0, 0.05) is 28.6 Å². The van der Waals surface area contributed by atoms with E-state index in [4.69, 9.17) is 28.3 Å². The molecule has 1 amide bonds. The van der Waals surface area contributed by atoms with E-state index in [0.29, 0.717) is 16.1 Å². The van der Waals surface area contributed by atoms with Crippen LogP contribution in [-0.4, -0.2) is 39.3 Å². The van der Waals surface area contributed by atoms with Gasteiger partial charge in [-0.15, -0.1) is 0 Å². The third-order valence-corrected chi connectivity index (χ3v) is 5.20. The number of aliphatic hydroxyl groups excluding tert-OH is 1. The van der Waals surface area contributed by atoms with Gasteiger partial charge in [-0.25, -0.2) is 0 Å². The fraction of sp³-hybridized carbons (Fsp3) is 0.190. The Bertz CT molecular complexity index is 1000. The zero-order valence-corrected chi connectivity index (χ0v) is 16.7. The molecule has 1 saturated heterocycles. The minimum Gasteiger partial charge on any atom is -0.507 e. The third-order valence-electron chi connectivity index (χ3n) is 4.63. The summed E-state index contributed by atoms with van der Waals surface area (Å²) >= 11 is 12.3. The van der Waals surface area contributed by atoms with Crippen molar-refractivity contribution in [2.45, 2.75) is 18.9 Å². The number of nitrogens with zero attached hydrogens (tertiary/aromatic N) is 1. The van der Waals surface area contributed by atoms with Gasteiger partial charge < -0.3 is 15.1 Å². The van der Waals surface area contributed by atoms with E-state index in [1.807, 2.05) is 0 Å². The van der Waals surface area contributed by atoms with Crippen molar-refractivity contribution < 1.29 is 24.6 Å². The number of Topliss-reactive ketones (excluding diaryl/α,β-unsaturated/α-hetero) is 1. The molecule has 1 aliphatic rings. The lowest BCUT2D eigenvalue weighted by molar-refractivity contribution is -0.140. The summed E-state index contributed by atoms with van der Waals surface area (Å²) in [5, 5.41) is 20.3. The molecule has 1 atom stereocenters. The van der Waals surface area contributed by atoms with E-state index < -0.39 is 23.7 Å². The number of carbonyl (C=O) groups excluding carboxylic acids is 2. The molecule has 0 aliphatic carbocycles. The Hall–Kier alpha value is -2.83. The van der Waals surface area contributed by atoms with Crippen LogP contribution in [0.5, 0.6) is 0 Å². The minimum absolute atomic E-state index is 0.0199. The summed E-state index contributed by atoms with van der Waals surface area (Å²) in [5.74, 6) is -2.99. The highest BCUT2D eigenvalue weighted by Gasteiger charge is 2.46. The number of carboxylic acids is 1. The fourth-order valence-corrected chi connectivity index (χ4v) is 3.82. The molecule has 1 unspecified atom stereocenters. The van der Waals surface area contributed by atoms with E-state index in [2.05, 4.69) is 0 Å². The predicted molar refractivity (Wildman–Crippen MR) is 109 cm³/mol. The van der Waals surface area contributed by atoms with Crippen LogP contribution in [0.1, 0.15) is 30.0 Å². The predicted octanol–water partition coefficient (Wildman–Crippen LogP) is 4.28. The summed E-state index contributed by atoms with van der Waals surface area (Å²) in [7, 11) is 0. The van der Waals surface area contributed by atoms with E-state index in [-0.39, 0.29) is 35.7 Å². The number of hydrogen-bond donors (Lipinski definition) is 2. The van der Waals surface area contributed by atoms with Crippen LogP contribution in [0, 0.1) is 0 Å². The smallest absolute Gasteiger partial charge is 0.303 e. The van der Waals surface area contributed by atoms with Crippen LogP contribution in [0.4, 0.5) is 0 Å². The second-order valence-corrected chi connectivity index (χ2v) is 7.37. The van der Waals surface area contributed by atoms with Gasteiger partial charge in [0.25, 0.3) is 11.7 Å². The first kappa shape index (κ1) is 20.9. The van der Waals surface area contributed by atoms with Crippen LogP contribution in [0.3, 0.4) is 0 Å². The van der Waals surface area contributed by atoms with Gasteiger partial charge in [0.1, 0.15) is 5.76 Å². The van der Waals surface area contributed by atoms with Gasteiger partial charge in [0.15, 0.2) is 0 Å². The Morgan fingerprint density at radius 2 is 1.72 bits per heavy atom. The molecule has 2 N–H and O–H groups in total. The second-order valence-electron chi connectivity index (χ2n) is 6.52. The number of amides is 1. The molecule has 0 spiro atoms. The first-order valence-corrected chi connectivity index (χ1v) is 9.57. The largest absolute Gasteiger partial charge is 0.507 e. The summed E-state index contributed by atoms with van der Waals surface area (Å²) in [6, 6.07) is 12.1. The molecule has 1 fully saturated rings. The van der Waals surface area contributed by atoms with Crippen molar-refractivity contribution in [1.82, 2.24) is 4.90 Å². The molecular weight excluding hydrogens is 417 g/mol. The first-order valence-electron chi connectivity index (χ1n) is 8.82. The lowest BCUT2D eigenvalue weighted by Gasteiger charge is -2.26. The maximum atomic E-state index is 12.8. The average Bonchev–Trinajstić information content (AvgIpc) is 2.93. The van der Waals surface area contributed by atoms with Gasteiger partial charge in [-0.3, -0.25) is 14.4 Å². The molecule has 2 aromatic carbocycles. The number of aliphatic hydroxyl groups is 1. The van der Waals surface area contributed by atoms with Crippen LogP contribution in [0.15, 0.2) is 54.1 Å². The van der Waals surface area contributed by atoms with Crippen molar-refractivity contribution in [3.8, 4) is 0 Å². The number of likely N-dealkylation sites (tertiary alicyclic amines) is 1. The van der Waals surface area contributed by atoms with E-state index in [1.165, 1.54) is 11.0 Å². The number of aliphatic carboxylic acids is 1. The number of benzene rings is 2. The minimum atomic E-state index is -1.01. The molecule has 0 saturated carbocycles. The number of hydrogen-bond acceptors (Lipinski definition) is 4. The van der Waals surface area contributed by atoms with E-state index in [1.54, 1.807) is 42.5 Å². The molecule has 0 radical (unpaired) electrons. The summed E-state index contributed by atoms with van der Waals surface area (Å²) < 4.78 is 0. The SMILES string of the molecule is O=C(O)CCCN1C(=O)C(=O)C(=C(O)c2ccccc2)C1c1ccc(Cl)cc1Cl. The summed E-state index contributed by atoms with van der Waals surface area (Å²) in [6.07, 6.45) is -0.0157. The maximum Gasteiger partial charge on any atom is 0.303 e.